The third-order valence-corrected chi connectivity index (χ3v) is 2.28. The summed E-state index contributed by atoms with van der Waals surface area (Å²) in [5.41, 5.74) is 5.38. The van der Waals surface area contributed by atoms with Crippen LogP contribution in [0.4, 0.5) is 0 Å². The van der Waals surface area contributed by atoms with Gasteiger partial charge in [-0.15, -0.1) is 0 Å². The maximum absolute atomic E-state index is 9.19. The number of hydrogen-bond donors (Lipinski definition) is 2. The van der Waals surface area contributed by atoms with E-state index in [1.807, 2.05) is 13.8 Å². The molecule has 0 spiro atoms. The van der Waals surface area contributed by atoms with Crippen molar-refractivity contribution in [1.29, 1.82) is 0 Å². The van der Waals surface area contributed by atoms with Crippen LogP contribution in [0.3, 0.4) is 0 Å². The standard InChI is InChI=1S/C7H17NO/c1-4-7(3,5-8)6(2)9/h6,9H,4-5,8H2,1-3H3/t6-,7-/m0/s1. The van der Waals surface area contributed by atoms with Crippen LogP contribution in [-0.2, 0) is 0 Å². The van der Waals surface area contributed by atoms with E-state index in [1.165, 1.54) is 0 Å². The van der Waals surface area contributed by atoms with Crippen LogP contribution in [0.2, 0.25) is 0 Å². The average molecular weight is 131 g/mol. The lowest BCUT2D eigenvalue weighted by Gasteiger charge is -2.29. The lowest BCUT2D eigenvalue weighted by atomic mass is 9.83. The molecule has 0 aliphatic carbocycles. The van der Waals surface area contributed by atoms with Gasteiger partial charge in [0.1, 0.15) is 0 Å². The SMILES string of the molecule is CC[C@@](C)(CN)[C@H](C)O. The Morgan fingerprint density at radius 1 is 1.67 bits per heavy atom. The maximum atomic E-state index is 9.19. The predicted octanol–water partition coefficient (Wildman–Crippen LogP) is 0.742. The van der Waals surface area contributed by atoms with Gasteiger partial charge < -0.3 is 10.8 Å². The zero-order valence-corrected chi connectivity index (χ0v) is 6.52. The molecule has 0 amide bonds. The van der Waals surface area contributed by atoms with Crippen LogP contribution in [0.1, 0.15) is 27.2 Å². The van der Waals surface area contributed by atoms with Gasteiger partial charge in [0.2, 0.25) is 0 Å². The first-order valence-electron chi connectivity index (χ1n) is 3.45. The Morgan fingerprint density at radius 2 is 2.11 bits per heavy atom. The molecule has 0 saturated heterocycles. The Hall–Kier alpha value is -0.0800. The molecule has 0 aromatic rings. The summed E-state index contributed by atoms with van der Waals surface area (Å²) in [5, 5.41) is 9.19. The molecule has 0 bridgehead atoms. The molecule has 2 heteroatoms. The number of aliphatic hydroxyl groups is 1. The Balaban J connectivity index is 3.92. The van der Waals surface area contributed by atoms with Crippen molar-refractivity contribution in [2.75, 3.05) is 6.54 Å². The van der Waals surface area contributed by atoms with Crippen LogP contribution in [-0.4, -0.2) is 17.8 Å². The van der Waals surface area contributed by atoms with Crippen molar-refractivity contribution in [3.05, 3.63) is 0 Å². The highest BCUT2D eigenvalue weighted by atomic mass is 16.3. The van der Waals surface area contributed by atoms with E-state index < -0.39 is 0 Å². The van der Waals surface area contributed by atoms with Crippen molar-refractivity contribution in [3.63, 3.8) is 0 Å². The largest absolute Gasteiger partial charge is 0.393 e. The van der Waals surface area contributed by atoms with E-state index in [0.29, 0.717) is 6.54 Å². The molecule has 0 saturated carbocycles. The molecular weight excluding hydrogens is 114 g/mol. The van der Waals surface area contributed by atoms with Gasteiger partial charge in [-0.2, -0.15) is 0 Å². The normalized spacial score (nSPS) is 21.0. The summed E-state index contributed by atoms with van der Waals surface area (Å²) in [7, 11) is 0. The molecule has 9 heavy (non-hydrogen) atoms. The van der Waals surface area contributed by atoms with E-state index in [-0.39, 0.29) is 11.5 Å². The molecule has 3 N–H and O–H groups in total. The van der Waals surface area contributed by atoms with Crippen molar-refractivity contribution in [1.82, 2.24) is 0 Å². The fourth-order valence-corrected chi connectivity index (χ4v) is 0.610. The number of rotatable bonds is 3. The third-order valence-electron chi connectivity index (χ3n) is 2.28. The van der Waals surface area contributed by atoms with Gasteiger partial charge in [-0.1, -0.05) is 13.8 Å². The smallest absolute Gasteiger partial charge is 0.0577 e. The van der Waals surface area contributed by atoms with E-state index in [9.17, 15) is 5.11 Å². The highest BCUT2D eigenvalue weighted by molar-refractivity contribution is 4.78. The predicted molar refractivity (Wildman–Crippen MR) is 39.1 cm³/mol. The second-order valence-corrected chi connectivity index (χ2v) is 2.89. The fourth-order valence-electron chi connectivity index (χ4n) is 0.610. The first-order chi connectivity index (χ1) is 4.06. The van der Waals surface area contributed by atoms with Crippen molar-refractivity contribution >= 4 is 0 Å². The second kappa shape index (κ2) is 3.18. The Kier molecular flexibility index (Phi) is 3.15. The van der Waals surface area contributed by atoms with Crippen LogP contribution in [0.15, 0.2) is 0 Å². The Morgan fingerprint density at radius 3 is 2.11 bits per heavy atom. The first kappa shape index (κ1) is 8.92. The van der Waals surface area contributed by atoms with Gasteiger partial charge in [0.25, 0.3) is 0 Å². The molecule has 0 aliphatic rings. The lowest BCUT2D eigenvalue weighted by molar-refractivity contribution is 0.0559. The van der Waals surface area contributed by atoms with Crippen LogP contribution in [0.25, 0.3) is 0 Å². The van der Waals surface area contributed by atoms with Crippen LogP contribution < -0.4 is 5.73 Å². The van der Waals surface area contributed by atoms with E-state index in [2.05, 4.69) is 0 Å². The molecule has 0 aromatic heterocycles. The van der Waals surface area contributed by atoms with Gasteiger partial charge in [-0.3, -0.25) is 0 Å². The van der Waals surface area contributed by atoms with Gasteiger partial charge >= 0.3 is 0 Å². The van der Waals surface area contributed by atoms with Gasteiger partial charge in [-0.05, 0) is 13.3 Å². The van der Waals surface area contributed by atoms with Crippen LogP contribution in [0, 0.1) is 5.41 Å². The molecule has 0 radical (unpaired) electrons. The summed E-state index contributed by atoms with van der Waals surface area (Å²) >= 11 is 0. The highest BCUT2D eigenvalue weighted by Crippen LogP contribution is 2.23. The van der Waals surface area contributed by atoms with Crippen LogP contribution in [0.5, 0.6) is 0 Å². The average Bonchev–Trinajstić information content (AvgIpc) is 1.86. The maximum Gasteiger partial charge on any atom is 0.0577 e. The topological polar surface area (TPSA) is 46.2 Å². The molecule has 2 nitrogen and oxygen atoms in total. The second-order valence-electron chi connectivity index (χ2n) is 2.89. The van der Waals surface area contributed by atoms with Crippen molar-refractivity contribution in [2.24, 2.45) is 11.1 Å². The van der Waals surface area contributed by atoms with E-state index in [0.717, 1.165) is 6.42 Å². The lowest BCUT2D eigenvalue weighted by Crippen LogP contribution is -2.36. The fraction of sp³-hybridized carbons (Fsp3) is 1.00. The first-order valence-corrected chi connectivity index (χ1v) is 3.45. The summed E-state index contributed by atoms with van der Waals surface area (Å²) in [6.45, 7) is 6.38. The molecule has 0 aromatic carbocycles. The summed E-state index contributed by atoms with van der Waals surface area (Å²) in [6, 6.07) is 0. The monoisotopic (exact) mass is 131 g/mol. The number of nitrogens with two attached hydrogens (primary N) is 1. The summed E-state index contributed by atoms with van der Waals surface area (Å²) in [6.07, 6.45) is 0.633. The summed E-state index contributed by atoms with van der Waals surface area (Å²) in [4.78, 5) is 0. The Labute approximate surface area is 57.1 Å². The van der Waals surface area contributed by atoms with E-state index >= 15 is 0 Å². The zero-order valence-electron chi connectivity index (χ0n) is 6.52. The molecular formula is C7H17NO. The highest BCUT2D eigenvalue weighted by Gasteiger charge is 2.25. The zero-order chi connectivity index (χ0) is 7.49. The molecule has 0 unspecified atom stereocenters. The number of hydrogen-bond acceptors (Lipinski definition) is 2. The summed E-state index contributed by atoms with van der Waals surface area (Å²) < 4.78 is 0. The van der Waals surface area contributed by atoms with E-state index in [1.54, 1.807) is 6.92 Å². The van der Waals surface area contributed by atoms with Crippen molar-refractivity contribution in [2.45, 2.75) is 33.3 Å². The van der Waals surface area contributed by atoms with Gasteiger partial charge in [-0.25, -0.2) is 0 Å². The number of aliphatic hydroxyl groups excluding tert-OH is 1. The van der Waals surface area contributed by atoms with Gasteiger partial charge in [0.05, 0.1) is 6.10 Å². The Bertz CT molecular complexity index is 77.0. The van der Waals surface area contributed by atoms with Crippen molar-refractivity contribution in [3.8, 4) is 0 Å². The quantitative estimate of drug-likeness (QED) is 0.593. The molecule has 0 rings (SSSR count). The minimum Gasteiger partial charge on any atom is -0.393 e. The minimum atomic E-state index is -0.299. The molecule has 2 atom stereocenters. The molecule has 56 valence electrons. The van der Waals surface area contributed by atoms with Crippen LogP contribution >= 0.6 is 0 Å². The van der Waals surface area contributed by atoms with Gasteiger partial charge in [0, 0.05) is 12.0 Å². The third kappa shape index (κ3) is 1.95. The molecule has 0 aliphatic heterocycles. The molecule has 0 fully saturated rings. The van der Waals surface area contributed by atoms with E-state index in [4.69, 9.17) is 5.73 Å². The van der Waals surface area contributed by atoms with Crippen molar-refractivity contribution < 1.29 is 5.11 Å². The summed E-state index contributed by atoms with van der Waals surface area (Å²) in [5.74, 6) is 0. The van der Waals surface area contributed by atoms with Gasteiger partial charge in [0.15, 0.2) is 0 Å². The molecule has 0 heterocycles. The minimum absolute atomic E-state index is 0.0833.